The SMILES string of the molecule is C/C=C(\Br)COC/C(Br)=C(\Br)CO.C=C(Br)CO.CCCOC/C(Br)=C(\Br)CO.OC/C(Br)=C\Cl.OC/C=C(\Br)CO.OCC(Br)=C(Br)Br. The highest BCUT2D eigenvalue weighted by molar-refractivity contribution is 9.29. The first kappa shape index (κ1) is 64.3. The fraction of sp³-hybridized carbons (Fsp3) is 0.500. The van der Waals surface area contributed by atoms with Crippen molar-refractivity contribution >= 4 is 187 Å². The van der Waals surface area contributed by atoms with Crippen molar-refractivity contribution in [3.05, 3.63) is 68.0 Å². The molecule has 0 spiro atoms. The second-order valence-corrected chi connectivity index (χ2v) is 19.3. The Labute approximate surface area is 387 Å². The fourth-order valence-corrected chi connectivity index (χ4v) is 2.64. The van der Waals surface area contributed by atoms with E-state index in [1.54, 1.807) is 0 Å². The molecule has 0 saturated heterocycles. The first-order valence-corrected chi connectivity index (χ1v) is 22.2. The summed E-state index contributed by atoms with van der Waals surface area (Å²) in [4.78, 5) is 0. The minimum atomic E-state index is -0.0411. The summed E-state index contributed by atoms with van der Waals surface area (Å²) in [5.41, 5.74) is 1.28. The van der Waals surface area contributed by atoms with Crippen LogP contribution in [0.25, 0.3) is 0 Å². The molecule has 49 heavy (non-hydrogen) atoms. The number of halogens is 12. The van der Waals surface area contributed by atoms with Crippen LogP contribution in [-0.2, 0) is 9.47 Å². The molecular formula is C28H42Br11ClO9. The number of rotatable bonds is 15. The van der Waals surface area contributed by atoms with Crippen molar-refractivity contribution in [1.29, 1.82) is 0 Å². The predicted octanol–water partition coefficient (Wildman–Crippen LogP) is 10.6. The molecule has 292 valence electrons. The molecule has 0 aliphatic carbocycles. The highest BCUT2D eigenvalue weighted by atomic mass is 79.9. The minimum absolute atomic E-state index is 0.00999. The summed E-state index contributed by atoms with van der Waals surface area (Å²) in [7, 11) is 0. The molecule has 0 saturated carbocycles. The molecular weight excluding hydrogens is 1390 g/mol. The second kappa shape index (κ2) is 51.4. The van der Waals surface area contributed by atoms with Crippen molar-refractivity contribution in [3.8, 4) is 0 Å². The number of hydrogen-bond donors (Lipinski definition) is 7. The van der Waals surface area contributed by atoms with Gasteiger partial charge in [-0.1, -0.05) is 175 Å². The highest BCUT2D eigenvalue weighted by Gasteiger charge is 2.00. The Balaban J connectivity index is -0.000000117. The molecule has 9 nitrogen and oxygen atoms in total. The second-order valence-electron chi connectivity index (χ2n) is 7.42. The van der Waals surface area contributed by atoms with Crippen molar-refractivity contribution in [2.45, 2.75) is 20.3 Å². The average Bonchev–Trinajstić information content (AvgIpc) is 3.11. The molecule has 0 bridgehead atoms. The Morgan fingerprint density at radius 1 is 0.571 bits per heavy atom. The molecule has 0 aromatic heterocycles. The molecule has 0 aromatic rings. The molecule has 0 amide bonds. The van der Waals surface area contributed by atoms with E-state index in [4.69, 9.17) is 56.8 Å². The highest BCUT2D eigenvalue weighted by Crippen LogP contribution is 2.22. The van der Waals surface area contributed by atoms with Gasteiger partial charge in [0.05, 0.1) is 69.5 Å². The van der Waals surface area contributed by atoms with Gasteiger partial charge in [0.25, 0.3) is 0 Å². The van der Waals surface area contributed by atoms with Crippen LogP contribution in [0.4, 0.5) is 0 Å². The maximum Gasteiger partial charge on any atom is 0.0795 e. The Kier molecular flexibility index (Phi) is 67.4. The molecule has 0 radical (unpaired) electrons. The Morgan fingerprint density at radius 2 is 0.980 bits per heavy atom. The van der Waals surface area contributed by atoms with Gasteiger partial charge < -0.3 is 45.2 Å². The molecule has 21 heteroatoms. The zero-order chi connectivity index (χ0) is 39.8. The molecule has 0 rings (SSSR count). The van der Waals surface area contributed by atoms with Gasteiger partial charge in [-0.25, -0.2) is 0 Å². The lowest BCUT2D eigenvalue weighted by Crippen LogP contribution is -1.98. The van der Waals surface area contributed by atoms with E-state index in [9.17, 15) is 0 Å². The molecule has 0 fully saturated rings. The van der Waals surface area contributed by atoms with Gasteiger partial charge in [0.15, 0.2) is 0 Å². The summed E-state index contributed by atoms with van der Waals surface area (Å²) in [5.74, 6) is 0. The van der Waals surface area contributed by atoms with Crippen LogP contribution in [0.15, 0.2) is 68.0 Å². The molecule has 0 aliphatic rings. The van der Waals surface area contributed by atoms with E-state index in [0.29, 0.717) is 42.2 Å². The van der Waals surface area contributed by atoms with Gasteiger partial charge >= 0.3 is 0 Å². The van der Waals surface area contributed by atoms with Gasteiger partial charge in [-0.3, -0.25) is 0 Å². The summed E-state index contributed by atoms with van der Waals surface area (Å²) in [6.07, 6.45) is 4.43. The van der Waals surface area contributed by atoms with Crippen molar-refractivity contribution in [3.63, 3.8) is 0 Å². The van der Waals surface area contributed by atoms with Crippen molar-refractivity contribution in [2.75, 3.05) is 72.7 Å². The molecule has 7 N–H and O–H groups in total. The van der Waals surface area contributed by atoms with E-state index in [-0.39, 0.29) is 46.2 Å². The van der Waals surface area contributed by atoms with Gasteiger partial charge in [-0.05, 0) is 51.3 Å². The lowest BCUT2D eigenvalue weighted by molar-refractivity contribution is 0.161. The fourth-order valence-electron chi connectivity index (χ4n) is 1.21. The number of ether oxygens (including phenoxy) is 2. The first-order chi connectivity index (χ1) is 22.9. The number of aliphatic hydroxyl groups excluding tert-OH is 7. The quantitative estimate of drug-likeness (QED) is 0.0793. The summed E-state index contributed by atoms with van der Waals surface area (Å²) in [6.45, 7) is 9.53. The monoisotopic (exact) mass is 1430 g/mol. The van der Waals surface area contributed by atoms with Crippen LogP contribution in [0.5, 0.6) is 0 Å². The van der Waals surface area contributed by atoms with Gasteiger partial charge in [0, 0.05) is 52.5 Å². The predicted molar refractivity (Wildman–Crippen MR) is 246 cm³/mol. The third-order valence-electron chi connectivity index (χ3n) is 3.47. The molecule has 0 aromatic carbocycles. The molecule has 0 aliphatic heterocycles. The van der Waals surface area contributed by atoms with Gasteiger partial charge in [0.2, 0.25) is 0 Å². The average molecular weight is 1440 g/mol. The molecule has 0 unspecified atom stereocenters. The minimum Gasteiger partial charge on any atom is -0.392 e. The topological polar surface area (TPSA) is 160 Å². The van der Waals surface area contributed by atoms with E-state index < -0.39 is 0 Å². The van der Waals surface area contributed by atoms with Crippen LogP contribution in [0, 0.1) is 0 Å². The van der Waals surface area contributed by atoms with Gasteiger partial charge in [-0.15, -0.1) is 0 Å². The Bertz CT molecular complexity index is 989. The van der Waals surface area contributed by atoms with Crippen molar-refractivity contribution in [1.82, 2.24) is 0 Å². The zero-order valence-corrected chi connectivity index (χ0v) is 44.6. The third kappa shape index (κ3) is 60.8. The van der Waals surface area contributed by atoms with Crippen LogP contribution < -0.4 is 0 Å². The van der Waals surface area contributed by atoms with E-state index >= 15 is 0 Å². The van der Waals surface area contributed by atoms with E-state index in [1.807, 2.05) is 13.0 Å². The van der Waals surface area contributed by atoms with Crippen molar-refractivity contribution in [2.24, 2.45) is 0 Å². The maximum atomic E-state index is 8.75. The zero-order valence-electron chi connectivity index (χ0n) is 26.4. The first-order valence-electron chi connectivity index (χ1n) is 13.0. The van der Waals surface area contributed by atoms with Gasteiger partial charge in [-0.2, -0.15) is 0 Å². The smallest absolute Gasteiger partial charge is 0.0795 e. The van der Waals surface area contributed by atoms with Crippen LogP contribution in [0.2, 0.25) is 0 Å². The largest absolute Gasteiger partial charge is 0.392 e. The lowest BCUT2D eigenvalue weighted by atomic mass is 10.5. The standard InChI is InChI=1S/C8H11Br3O2.C7H12Br2O2.C4H7BrO2.C3H3Br3O.C3H4BrClO.C3H5BrO/c1-2-6(9)4-13-5-8(11)7(10)3-12;1-2-3-11-5-7(9)6(8)4-10;5-4(3-7)1-2-6;4-2(1-7)3(5)6;4-3(1-5)2-6;1-3(4)2-5/h2,12H,3-5H2,1H3;10H,2-5H2,1H3;1,6-7H,2-3H2;7H,1H2;1,6H,2H2;5H,1-2H2/b6-2-,8-7+;7-6+;4-1-;;3-1+;. The molecule has 0 atom stereocenters. The van der Waals surface area contributed by atoms with Crippen LogP contribution in [-0.4, -0.2) is 108 Å². The van der Waals surface area contributed by atoms with Crippen LogP contribution in [0.1, 0.15) is 20.3 Å². The lowest BCUT2D eigenvalue weighted by Gasteiger charge is -2.04. The van der Waals surface area contributed by atoms with Crippen LogP contribution >= 0.6 is 187 Å². The summed E-state index contributed by atoms with van der Waals surface area (Å²) in [6, 6.07) is 0. The van der Waals surface area contributed by atoms with E-state index in [2.05, 4.69) is 189 Å². The number of hydrogen-bond acceptors (Lipinski definition) is 9. The Morgan fingerprint density at radius 3 is 1.18 bits per heavy atom. The summed E-state index contributed by atoms with van der Waals surface area (Å²) in [5, 5.41) is 58.3. The summed E-state index contributed by atoms with van der Waals surface area (Å²) >= 11 is 39.5. The normalized spacial score (nSPS) is 12.0. The number of aliphatic hydroxyl groups is 7. The van der Waals surface area contributed by atoms with Crippen LogP contribution in [0.3, 0.4) is 0 Å². The maximum absolute atomic E-state index is 8.75. The third-order valence-corrected chi connectivity index (χ3v) is 12.6. The Hall–Kier alpha value is 3.39. The van der Waals surface area contributed by atoms with Gasteiger partial charge in [0.1, 0.15) is 0 Å². The van der Waals surface area contributed by atoms with Crippen molar-refractivity contribution < 1.29 is 45.2 Å². The van der Waals surface area contributed by atoms with E-state index in [1.165, 1.54) is 11.6 Å². The summed E-state index contributed by atoms with van der Waals surface area (Å²) < 4.78 is 18.0. The number of allylic oxidation sites excluding steroid dienone is 1. The van der Waals surface area contributed by atoms with E-state index in [0.717, 1.165) is 34.3 Å². The molecule has 0 heterocycles.